The van der Waals surface area contributed by atoms with E-state index in [1.165, 1.54) is 26.9 Å². The largest absolute Gasteiger partial charge is 0.345 e. The van der Waals surface area contributed by atoms with Crippen LogP contribution in [0.2, 0.25) is 0 Å². The highest BCUT2D eigenvalue weighted by atomic mass is 16.2. The summed E-state index contributed by atoms with van der Waals surface area (Å²) < 4.78 is 3.21. The van der Waals surface area contributed by atoms with Crippen molar-refractivity contribution in [3.05, 3.63) is 50.7 Å². The van der Waals surface area contributed by atoms with Gasteiger partial charge in [0.25, 0.3) is 0 Å². The Balaban J connectivity index is 1.83. The van der Waals surface area contributed by atoms with E-state index in [9.17, 15) is 4.79 Å². The molecular formula is C16H22N4O. The van der Waals surface area contributed by atoms with Gasteiger partial charge in [-0.1, -0.05) is 17.7 Å². The van der Waals surface area contributed by atoms with Gasteiger partial charge in [-0.25, -0.2) is 9.48 Å². The summed E-state index contributed by atoms with van der Waals surface area (Å²) in [7, 11) is 1.71. The van der Waals surface area contributed by atoms with E-state index < -0.39 is 0 Å². The Morgan fingerprint density at radius 2 is 1.81 bits per heavy atom. The summed E-state index contributed by atoms with van der Waals surface area (Å²) in [4.78, 5) is 14.2. The molecule has 0 unspecified atom stereocenters. The lowest BCUT2D eigenvalue weighted by Gasteiger charge is -2.27. The lowest BCUT2D eigenvalue weighted by atomic mass is 9.99. The number of rotatable bonds is 2. The second-order valence-corrected chi connectivity index (χ2v) is 6.06. The van der Waals surface area contributed by atoms with Gasteiger partial charge in [-0.15, -0.1) is 0 Å². The lowest BCUT2D eigenvalue weighted by Crippen LogP contribution is -2.37. The summed E-state index contributed by atoms with van der Waals surface area (Å²) >= 11 is 0. The molecule has 3 rings (SSSR count). The van der Waals surface area contributed by atoms with Crippen molar-refractivity contribution in [1.82, 2.24) is 19.2 Å². The standard InChI is InChI=1S/C16H22N4O/c1-11-7-12(2)14(13(3)8-11)9-19-5-6-20-15(10-19)17-18(4)16(20)21/h7-8H,5-6,9-10H2,1-4H3. The Morgan fingerprint density at radius 3 is 2.48 bits per heavy atom. The minimum absolute atomic E-state index is 0.00709. The predicted molar refractivity (Wildman–Crippen MR) is 82.2 cm³/mol. The summed E-state index contributed by atoms with van der Waals surface area (Å²) in [6, 6.07) is 4.48. The molecule has 0 saturated carbocycles. The maximum absolute atomic E-state index is 11.9. The molecule has 1 aliphatic rings. The van der Waals surface area contributed by atoms with Crippen LogP contribution in [0.25, 0.3) is 0 Å². The number of benzene rings is 1. The van der Waals surface area contributed by atoms with Gasteiger partial charge in [0.1, 0.15) is 5.82 Å². The minimum atomic E-state index is -0.00709. The Labute approximate surface area is 124 Å². The fraction of sp³-hybridized carbons (Fsp3) is 0.500. The molecule has 5 nitrogen and oxygen atoms in total. The Hall–Kier alpha value is -1.88. The predicted octanol–water partition coefficient (Wildman–Crippen LogP) is 1.52. The average Bonchev–Trinajstić information content (AvgIpc) is 2.69. The van der Waals surface area contributed by atoms with Crippen LogP contribution >= 0.6 is 0 Å². The zero-order chi connectivity index (χ0) is 15.1. The van der Waals surface area contributed by atoms with E-state index in [0.29, 0.717) is 0 Å². The smallest absolute Gasteiger partial charge is 0.290 e. The molecule has 0 radical (unpaired) electrons. The summed E-state index contributed by atoms with van der Waals surface area (Å²) in [5.41, 5.74) is 5.39. The normalized spacial score (nSPS) is 15.2. The van der Waals surface area contributed by atoms with Gasteiger partial charge in [-0.3, -0.25) is 9.47 Å². The molecule has 5 heteroatoms. The topological polar surface area (TPSA) is 43.1 Å². The van der Waals surface area contributed by atoms with Crippen molar-refractivity contribution >= 4 is 0 Å². The highest BCUT2D eigenvalue weighted by molar-refractivity contribution is 5.37. The highest BCUT2D eigenvalue weighted by Crippen LogP contribution is 2.20. The molecule has 0 fully saturated rings. The van der Waals surface area contributed by atoms with Crippen molar-refractivity contribution in [3.8, 4) is 0 Å². The van der Waals surface area contributed by atoms with Crippen molar-refractivity contribution in [2.45, 2.75) is 40.4 Å². The first-order chi connectivity index (χ1) is 9.95. The number of fused-ring (bicyclic) bond motifs is 1. The van der Waals surface area contributed by atoms with E-state index in [1.54, 1.807) is 11.6 Å². The highest BCUT2D eigenvalue weighted by Gasteiger charge is 2.21. The molecular weight excluding hydrogens is 264 g/mol. The summed E-state index contributed by atoms with van der Waals surface area (Å²) in [5.74, 6) is 0.871. The van der Waals surface area contributed by atoms with E-state index >= 15 is 0 Å². The molecule has 2 heterocycles. The van der Waals surface area contributed by atoms with Crippen molar-refractivity contribution in [2.75, 3.05) is 6.54 Å². The van der Waals surface area contributed by atoms with Gasteiger partial charge in [-0.2, -0.15) is 5.10 Å². The molecule has 112 valence electrons. The molecule has 0 spiro atoms. The molecule has 0 atom stereocenters. The first kappa shape index (κ1) is 14.1. The van der Waals surface area contributed by atoms with E-state index in [1.807, 2.05) is 0 Å². The van der Waals surface area contributed by atoms with Crippen LogP contribution in [0.3, 0.4) is 0 Å². The van der Waals surface area contributed by atoms with Gasteiger partial charge in [0.15, 0.2) is 0 Å². The number of hydrogen-bond donors (Lipinski definition) is 0. The molecule has 1 aromatic heterocycles. The van der Waals surface area contributed by atoms with Crippen LogP contribution in [-0.4, -0.2) is 25.8 Å². The van der Waals surface area contributed by atoms with Crippen LogP contribution in [0.15, 0.2) is 16.9 Å². The Kier molecular flexibility index (Phi) is 3.45. The minimum Gasteiger partial charge on any atom is -0.290 e. The third kappa shape index (κ3) is 2.53. The van der Waals surface area contributed by atoms with Crippen molar-refractivity contribution < 1.29 is 0 Å². The Morgan fingerprint density at radius 1 is 1.14 bits per heavy atom. The van der Waals surface area contributed by atoms with Crippen LogP contribution in [0.5, 0.6) is 0 Å². The number of hydrogen-bond acceptors (Lipinski definition) is 3. The number of nitrogens with zero attached hydrogens (tertiary/aromatic N) is 4. The van der Waals surface area contributed by atoms with E-state index in [-0.39, 0.29) is 5.69 Å². The van der Waals surface area contributed by atoms with Crippen molar-refractivity contribution in [2.24, 2.45) is 7.05 Å². The number of aryl methyl sites for hydroxylation is 4. The number of aromatic nitrogens is 3. The molecule has 21 heavy (non-hydrogen) atoms. The maximum atomic E-state index is 11.9. The zero-order valence-corrected chi connectivity index (χ0v) is 13.2. The van der Waals surface area contributed by atoms with Crippen molar-refractivity contribution in [1.29, 1.82) is 0 Å². The second-order valence-electron chi connectivity index (χ2n) is 6.06. The molecule has 1 aliphatic heterocycles. The lowest BCUT2D eigenvalue weighted by molar-refractivity contribution is 0.206. The monoisotopic (exact) mass is 286 g/mol. The summed E-state index contributed by atoms with van der Waals surface area (Å²) in [6.07, 6.45) is 0. The quantitative estimate of drug-likeness (QED) is 0.841. The molecule has 2 aromatic rings. The van der Waals surface area contributed by atoms with E-state index in [2.05, 4.69) is 42.9 Å². The Bertz CT molecular complexity index is 718. The summed E-state index contributed by atoms with van der Waals surface area (Å²) in [6.45, 7) is 9.77. The molecule has 0 aliphatic carbocycles. The van der Waals surface area contributed by atoms with Gasteiger partial charge in [0.2, 0.25) is 0 Å². The van der Waals surface area contributed by atoms with Crippen LogP contribution in [0.1, 0.15) is 28.1 Å². The fourth-order valence-corrected chi connectivity index (χ4v) is 3.24. The van der Waals surface area contributed by atoms with Crippen LogP contribution in [0, 0.1) is 20.8 Å². The second kappa shape index (κ2) is 5.15. The zero-order valence-electron chi connectivity index (χ0n) is 13.2. The SMILES string of the molecule is Cc1cc(C)c(CN2CCn3c(nn(C)c3=O)C2)c(C)c1. The van der Waals surface area contributed by atoms with Crippen LogP contribution < -0.4 is 5.69 Å². The van der Waals surface area contributed by atoms with Crippen LogP contribution in [0.4, 0.5) is 0 Å². The van der Waals surface area contributed by atoms with Gasteiger partial charge in [0, 0.05) is 26.7 Å². The molecule has 0 amide bonds. The third-order valence-electron chi connectivity index (χ3n) is 4.31. The van der Waals surface area contributed by atoms with Crippen molar-refractivity contribution in [3.63, 3.8) is 0 Å². The molecule has 0 bridgehead atoms. The molecule has 1 aromatic carbocycles. The van der Waals surface area contributed by atoms with E-state index in [0.717, 1.165) is 32.0 Å². The van der Waals surface area contributed by atoms with Crippen LogP contribution in [-0.2, 0) is 26.7 Å². The molecule has 0 N–H and O–H groups in total. The van der Waals surface area contributed by atoms with Gasteiger partial charge in [-0.05, 0) is 37.5 Å². The summed E-state index contributed by atoms with van der Waals surface area (Å²) in [5, 5.41) is 4.33. The average molecular weight is 286 g/mol. The van der Waals surface area contributed by atoms with Gasteiger partial charge < -0.3 is 0 Å². The fourth-order valence-electron chi connectivity index (χ4n) is 3.24. The third-order valence-corrected chi connectivity index (χ3v) is 4.31. The maximum Gasteiger partial charge on any atom is 0.345 e. The first-order valence-electron chi connectivity index (χ1n) is 7.37. The molecule has 0 saturated heterocycles. The van der Waals surface area contributed by atoms with Gasteiger partial charge >= 0.3 is 5.69 Å². The van der Waals surface area contributed by atoms with E-state index in [4.69, 9.17) is 0 Å². The van der Waals surface area contributed by atoms with Gasteiger partial charge in [0.05, 0.1) is 6.54 Å². The first-order valence-corrected chi connectivity index (χ1v) is 7.37.